The third-order valence-corrected chi connectivity index (χ3v) is 3.16. The highest BCUT2D eigenvalue weighted by atomic mass is 32.1. The molecule has 0 saturated carbocycles. The van der Waals surface area contributed by atoms with Crippen LogP contribution in [0.4, 0.5) is 0 Å². The monoisotopic (exact) mass is 227 g/mol. The molecule has 0 bridgehead atoms. The summed E-state index contributed by atoms with van der Waals surface area (Å²) in [6.45, 7) is 0. The maximum Gasteiger partial charge on any atom is 0.116 e. The van der Waals surface area contributed by atoms with Gasteiger partial charge in [-0.1, -0.05) is 24.3 Å². The number of thiazole rings is 1. The van der Waals surface area contributed by atoms with Crippen molar-refractivity contribution in [2.75, 3.05) is 0 Å². The van der Waals surface area contributed by atoms with Gasteiger partial charge in [-0.25, -0.2) is 4.98 Å². The van der Waals surface area contributed by atoms with E-state index in [1.807, 2.05) is 29.1 Å². The molecular formula is C13H9NOS. The first kappa shape index (κ1) is 9.36. The van der Waals surface area contributed by atoms with E-state index >= 15 is 0 Å². The number of nitrogens with zero attached hydrogens (tertiary/aromatic N) is 1. The van der Waals surface area contributed by atoms with Gasteiger partial charge >= 0.3 is 0 Å². The molecule has 0 amide bonds. The van der Waals surface area contributed by atoms with E-state index in [4.69, 9.17) is 0 Å². The highest BCUT2D eigenvalue weighted by molar-refractivity contribution is 7.07. The molecule has 0 aliphatic carbocycles. The molecule has 1 aromatic heterocycles. The van der Waals surface area contributed by atoms with E-state index in [9.17, 15) is 5.11 Å². The molecule has 1 heterocycles. The molecule has 0 spiro atoms. The van der Waals surface area contributed by atoms with Gasteiger partial charge < -0.3 is 5.11 Å². The van der Waals surface area contributed by atoms with E-state index in [1.165, 1.54) is 0 Å². The maximum atomic E-state index is 9.44. The quantitative estimate of drug-likeness (QED) is 0.688. The van der Waals surface area contributed by atoms with Crippen LogP contribution >= 0.6 is 11.3 Å². The number of hydrogen-bond acceptors (Lipinski definition) is 3. The average Bonchev–Trinajstić information content (AvgIpc) is 2.81. The third kappa shape index (κ3) is 1.46. The zero-order chi connectivity index (χ0) is 11.0. The Labute approximate surface area is 96.8 Å². The number of phenolic OH excluding ortho intramolecular Hbond substituents is 1. The van der Waals surface area contributed by atoms with Crippen LogP contribution in [-0.2, 0) is 0 Å². The molecule has 3 rings (SSSR count). The summed E-state index contributed by atoms with van der Waals surface area (Å²) < 4.78 is 0. The number of aromatic nitrogens is 1. The summed E-state index contributed by atoms with van der Waals surface area (Å²) in [5.74, 6) is 0.294. The minimum Gasteiger partial charge on any atom is -0.508 e. The summed E-state index contributed by atoms with van der Waals surface area (Å²) >= 11 is 1.59. The van der Waals surface area contributed by atoms with Crippen LogP contribution in [0.5, 0.6) is 5.75 Å². The Kier molecular flexibility index (Phi) is 2.11. The van der Waals surface area contributed by atoms with Crippen LogP contribution in [0.2, 0.25) is 0 Å². The van der Waals surface area contributed by atoms with Gasteiger partial charge in [0, 0.05) is 10.9 Å². The Hall–Kier alpha value is -1.87. The maximum absolute atomic E-state index is 9.44. The van der Waals surface area contributed by atoms with Crippen LogP contribution in [0.3, 0.4) is 0 Å². The summed E-state index contributed by atoms with van der Waals surface area (Å²) in [5.41, 5.74) is 3.93. The van der Waals surface area contributed by atoms with E-state index in [-0.39, 0.29) is 0 Å². The minimum absolute atomic E-state index is 0.294. The first-order valence-corrected chi connectivity index (χ1v) is 5.89. The topological polar surface area (TPSA) is 33.1 Å². The predicted octanol–water partition coefficient (Wildman–Crippen LogP) is 3.67. The molecule has 0 unspecified atom stereocenters. The zero-order valence-electron chi connectivity index (χ0n) is 8.42. The van der Waals surface area contributed by atoms with Gasteiger partial charge in [-0.2, -0.15) is 0 Å². The van der Waals surface area contributed by atoms with Gasteiger partial charge in [-0.3, -0.25) is 0 Å². The molecule has 0 atom stereocenters. The molecule has 0 saturated heterocycles. The lowest BCUT2D eigenvalue weighted by Crippen LogP contribution is -1.80. The molecule has 0 aliphatic heterocycles. The first-order valence-electron chi connectivity index (χ1n) is 4.95. The highest BCUT2D eigenvalue weighted by Crippen LogP contribution is 2.30. The normalized spacial score (nSPS) is 10.8. The molecule has 0 fully saturated rings. The predicted molar refractivity (Wildman–Crippen MR) is 66.7 cm³/mol. The largest absolute Gasteiger partial charge is 0.508 e. The van der Waals surface area contributed by atoms with Crippen molar-refractivity contribution in [2.45, 2.75) is 0 Å². The second kappa shape index (κ2) is 3.61. The molecule has 1 N–H and O–H groups in total. The standard InChI is InChI=1S/C13H9NOS/c15-10-4-5-11-9(6-10)2-1-3-12(11)13-7-16-8-14-13/h1-8,15H. The van der Waals surface area contributed by atoms with Gasteiger partial charge in [0.2, 0.25) is 0 Å². The second-order valence-corrected chi connectivity index (χ2v) is 4.30. The van der Waals surface area contributed by atoms with Crippen LogP contribution in [0, 0.1) is 0 Å². The number of phenols is 1. The molecule has 3 aromatic rings. The number of fused-ring (bicyclic) bond motifs is 1. The fraction of sp³-hybridized carbons (Fsp3) is 0. The van der Waals surface area contributed by atoms with Crippen molar-refractivity contribution in [3.8, 4) is 17.0 Å². The SMILES string of the molecule is Oc1ccc2c(-c3cscn3)cccc2c1. The first-order chi connectivity index (χ1) is 7.84. The Balaban J connectivity index is 2.34. The summed E-state index contributed by atoms with van der Waals surface area (Å²) in [4.78, 5) is 4.32. The molecule has 78 valence electrons. The summed E-state index contributed by atoms with van der Waals surface area (Å²) in [6.07, 6.45) is 0. The van der Waals surface area contributed by atoms with Gasteiger partial charge in [0.1, 0.15) is 5.75 Å². The second-order valence-electron chi connectivity index (χ2n) is 3.58. The minimum atomic E-state index is 0.294. The van der Waals surface area contributed by atoms with Gasteiger partial charge in [0.25, 0.3) is 0 Å². The lowest BCUT2D eigenvalue weighted by atomic mass is 10.0. The molecule has 16 heavy (non-hydrogen) atoms. The van der Waals surface area contributed by atoms with Crippen LogP contribution in [-0.4, -0.2) is 10.1 Å². The van der Waals surface area contributed by atoms with E-state index in [2.05, 4.69) is 11.1 Å². The van der Waals surface area contributed by atoms with Gasteiger partial charge in [-0.05, 0) is 22.9 Å². The number of aromatic hydroxyl groups is 1. The summed E-state index contributed by atoms with van der Waals surface area (Å²) in [6, 6.07) is 11.4. The molecule has 3 heteroatoms. The number of benzene rings is 2. The Bertz CT molecular complexity index is 631. The summed E-state index contributed by atoms with van der Waals surface area (Å²) in [5, 5.41) is 13.6. The number of hydrogen-bond donors (Lipinski definition) is 1. The molecule has 0 aliphatic rings. The molecule has 0 radical (unpaired) electrons. The van der Waals surface area contributed by atoms with Gasteiger partial charge in [-0.15, -0.1) is 11.3 Å². The van der Waals surface area contributed by atoms with Crippen molar-refractivity contribution in [1.82, 2.24) is 4.98 Å². The van der Waals surface area contributed by atoms with Crippen molar-refractivity contribution in [2.24, 2.45) is 0 Å². The summed E-state index contributed by atoms with van der Waals surface area (Å²) in [7, 11) is 0. The van der Waals surface area contributed by atoms with Gasteiger partial charge in [0.05, 0.1) is 11.2 Å². The average molecular weight is 227 g/mol. The lowest BCUT2D eigenvalue weighted by Gasteiger charge is -2.04. The fourth-order valence-electron chi connectivity index (χ4n) is 1.84. The van der Waals surface area contributed by atoms with Crippen LogP contribution in [0.1, 0.15) is 0 Å². The van der Waals surface area contributed by atoms with E-state index in [1.54, 1.807) is 23.5 Å². The van der Waals surface area contributed by atoms with E-state index in [0.717, 1.165) is 22.0 Å². The smallest absolute Gasteiger partial charge is 0.116 e. The van der Waals surface area contributed by atoms with Crippen molar-refractivity contribution in [3.05, 3.63) is 47.3 Å². The zero-order valence-corrected chi connectivity index (χ0v) is 9.24. The van der Waals surface area contributed by atoms with Crippen molar-refractivity contribution in [1.29, 1.82) is 0 Å². The van der Waals surface area contributed by atoms with Crippen molar-refractivity contribution >= 4 is 22.1 Å². The van der Waals surface area contributed by atoms with E-state index < -0.39 is 0 Å². The number of rotatable bonds is 1. The van der Waals surface area contributed by atoms with E-state index in [0.29, 0.717) is 5.75 Å². The van der Waals surface area contributed by atoms with Crippen molar-refractivity contribution < 1.29 is 5.11 Å². The molecule has 2 nitrogen and oxygen atoms in total. The third-order valence-electron chi connectivity index (χ3n) is 2.57. The Morgan fingerprint density at radius 1 is 1.12 bits per heavy atom. The fourth-order valence-corrected chi connectivity index (χ4v) is 2.39. The van der Waals surface area contributed by atoms with Crippen LogP contribution in [0.15, 0.2) is 47.3 Å². The highest BCUT2D eigenvalue weighted by Gasteiger charge is 2.05. The Morgan fingerprint density at radius 3 is 2.88 bits per heavy atom. The molecule has 2 aromatic carbocycles. The van der Waals surface area contributed by atoms with Crippen LogP contribution < -0.4 is 0 Å². The Morgan fingerprint density at radius 2 is 2.06 bits per heavy atom. The van der Waals surface area contributed by atoms with Crippen molar-refractivity contribution in [3.63, 3.8) is 0 Å². The molecular weight excluding hydrogens is 218 g/mol. The van der Waals surface area contributed by atoms with Crippen LogP contribution in [0.25, 0.3) is 22.0 Å². The van der Waals surface area contributed by atoms with Gasteiger partial charge in [0.15, 0.2) is 0 Å². The lowest BCUT2D eigenvalue weighted by molar-refractivity contribution is 0.476.